The Hall–Kier alpha value is -3.42. The van der Waals surface area contributed by atoms with Crippen molar-refractivity contribution in [2.45, 2.75) is 32.4 Å². The number of fused-ring (bicyclic) bond motifs is 2. The van der Waals surface area contributed by atoms with Crippen molar-refractivity contribution in [2.24, 2.45) is 0 Å². The van der Waals surface area contributed by atoms with Crippen molar-refractivity contribution < 1.29 is 19.1 Å². The first-order valence-corrected chi connectivity index (χ1v) is 10.1. The van der Waals surface area contributed by atoms with Crippen molar-refractivity contribution in [1.82, 2.24) is 20.0 Å². The van der Waals surface area contributed by atoms with Crippen LogP contribution >= 0.6 is 0 Å². The lowest BCUT2D eigenvalue weighted by atomic mass is 10.1. The number of amides is 2. The van der Waals surface area contributed by atoms with Gasteiger partial charge in [-0.15, -0.1) is 0 Å². The molecule has 2 N–H and O–H groups in total. The molecule has 0 spiro atoms. The first-order valence-electron chi connectivity index (χ1n) is 10.1. The second-order valence-electron chi connectivity index (χ2n) is 7.91. The smallest absolute Gasteiger partial charge is 0.274 e. The number of rotatable bonds is 2. The van der Waals surface area contributed by atoms with E-state index in [1.807, 2.05) is 0 Å². The molecular formula is C22H21FN4O3. The SMILES string of the molecule is O=C(c1cc2c(C(=O)N3CCCCC3)n[nH]c2cc1O)N1Cc2ccc(F)cc2C1. The molecule has 0 radical (unpaired) electrons. The van der Waals surface area contributed by atoms with Gasteiger partial charge in [-0.2, -0.15) is 5.10 Å². The molecule has 7 nitrogen and oxygen atoms in total. The van der Waals surface area contributed by atoms with Gasteiger partial charge >= 0.3 is 0 Å². The maximum absolute atomic E-state index is 13.5. The van der Waals surface area contributed by atoms with E-state index in [-0.39, 0.29) is 41.2 Å². The molecule has 0 saturated carbocycles. The van der Waals surface area contributed by atoms with Crippen molar-refractivity contribution >= 4 is 22.7 Å². The number of aromatic amines is 1. The van der Waals surface area contributed by atoms with E-state index in [4.69, 9.17) is 0 Å². The van der Waals surface area contributed by atoms with Crippen LogP contribution in [0.25, 0.3) is 10.9 Å². The van der Waals surface area contributed by atoms with Crippen molar-refractivity contribution in [3.05, 3.63) is 58.5 Å². The Kier molecular flexibility index (Phi) is 4.42. The monoisotopic (exact) mass is 408 g/mol. The Morgan fingerprint density at radius 2 is 1.73 bits per heavy atom. The largest absolute Gasteiger partial charge is 0.507 e. The third kappa shape index (κ3) is 3.08. The van der Waals surface area contributed by atoms with E-state index >= 15 is 0 Å². The maximum Gasteiger partial charge on any atom is 0.274 e. The van der Waals surface area contributed by atoms with Gasteiger partial charge in [0.15, 0.2) is 5.69 Å². The minimum atomic E-state index is -0.372. The highest BCUT2D eigenvalue weighted by atomic mass is 19.1. The molecule has 1 fully saturated rings. The third-order valence-electron chi connectivity index (χ3n) is 5.93. The molecule has 30 heavy (non-hydrogen) atoms. The van der Waals surface area contributed by atoms with Crippen molar-refractivity contribution in [1.29, 1.82) is 0 Å². The number of hydrogen-bond acceptors (Lipinski definition) is 4. The van der Waals surface area contributed by atoms with Gasteiger partial charge in [0.05, 0.1) is 11.1 Å². The Balaban J connectivity index is 1.47. The zero-order valence-corrected chi connectivity index (χ0v) is 16.3. The minimum Gasteiger partial charge on any atom is -0.507 e. The van der Waals surface area contributed by atoms with Crippen LogP contribution in [0.3, 0.4) is 0 Å². The molecule has 154 valence electrons. The summed E-state index contributed by atoms with van der Waals surface area (Å²) in [5, 5.41) is 17.9. The zero-order chi connectivity index (χ0) is 20.8. The minimum absolute atomic E-state index is 0.102. The number of phenols is 1. The zero-order valence-electron chi connectivity index (χ0n) is 16.3. The van der Waals surface area contributed by atoms with Gasteiger partial charge in [-0.3, -0.25) is 14.7 Å². The lowest BCUT2D eigenvalue weighted by Gasteiger charge is -2.26. The van der Waals surface area contributed by atoms with Crippen molar-refractivity contribution in [2.75, 3.05) is 13.1 Å². The van der Waals surface area contributed by atoms with E-state index in [1.165, 1.54) is 24.3 Å². The number of H-pyrrole nitrogens is 1. The second-order valence-corrected chi connectivity index (χ2v) is 7.91. The van der Waals surface area contributed by atoms with Gasteiger partial charge in [0, 0.05) is 37.6 Å². The topological polar surface area (TPSA) is 89.5 Å². The van der Waals surface area contributed by atoms with Crippen LogP contribution in [0, 0.1) is 5.82 Å². The molecule has 2 aliphatic heterocycles. The average molecular weight is 408 g/mol. The molecule has 0 aliphatic carbocycles. The number of piperidine rings is 1. The fourth-order valence-electron chi connectivity index (χ4n) is 4.31. The number of carbonyl (C=O) groups excluding carboxylic acids is 2. The Morgan fingerprint density at radius 1 is 0.967 bits per heavy atom. The van der Waals surface area contributed by atoms with Crippen LogP contribution in [0.15, 0.2) is 30.3 Å². The van der Waals surface area contributed by atoms with Crippen LogP contribution < -0.4 is 0 Å². The molecule has 0 bridgehead atoms. The van der Waals surface area contributed by atoms with Crippen LogP contribution in [0.4, 0.5) is 4.39 Å². The first kappa shape index (κ1) is 18.6. The summed E-state index contributed by atoms with van der Waals surface area (Å²) in [5.41, 5.74) is 2.50. The van der Waals surface area contributed by atoms with Crippen LogP contribution in [0.1, 0.15) is 51.2 Å². The third-order valence-corrected chi connectivity index (χ3v) is 5.93. The van der Waals surface area contributed by atoms with Crippen molar-refractivity contribution in [3.8, 4) is 5.75 Å². The molecule has 1 aromatic heterocycles. The number of likely N-dealkylation sites (tertiary alicyclic amines) is 1. The van der Waals surface area contributed by atoms with E-state index in [1.54, 1.807) is 15.9 Å². The summed E-state index contributed by atoms with van der Waals surface area (Å²) in [6.45, 7) is 2.00. The quantitative estimate of drug-likeness (QED) is 0.682. The summed E-state index contributed by atoms with van der Waals surface area (Å²) in [6.07, 6.45) is 3.04. The number of nitrogens with one attached hydrogen (secondary N) is 1. The molecule has 2 amide bonds. The molecule has 8 heteroatoms. The van der Waals surface area contributed by atoms with Crippen LogP contribution in [0.5, 0.6) is 5.75 Å². The van der Waals surface area contributed by atoms with E-state index in [2.05, 4.69) is 10.2 Å². The number of hydrogen-bond donors (Lipinski definition) is 2. The Labute approximate surface area is 172 Å². The van der Waals surface area contributed by atoms with Gasteiger partial charge in [0.1, 0.15) is 11.6 Å². The molecule has 2 aromatic carbocycles. The number of aromatic nitrogens is 2. The molecule has 1 saturated heterocycles. The van der Waals surface area contributed by atoms with Gasteiger partial charge < -0.3 is 14.9 Å². The molecular weight excluding hydrogens is 387 g/mol. The number of benzene rings is 2. The molecule has 5 rings (SSSR count). The molecule has 3 heterocycles. The predicted molar refractivity (Wildman–Crippen MR) is 107 cm³/mol. The lowest BCUT2D eigenvalue weighted by Crippen LogP contribution is -2.35. The normalized spacial score (nSPS) is 16.2. The maximum atomic E-state index is 13.5. The van der Waals surface area contributed by atoms with Gasteiger partial charge in [0.2, 0.25) is 0 Å². The number of phenolic OH excluding ortho intramolecular Hbond substituents is 1. The van der Waals surface area contributed by atoms with Crippen LogP contribution in [-0.4, -0.2) is 50.0 Å². The van der Waals surface area contributed by atoms with E-state index in [9.17, 15) is 19.1 Å². The number of carbonyl (C=O) groups is 2. The average Bonchev–Trinajstić information content (AvgIpc) is 3.36. The molecule has 0 unspecified atom stereocenters. The second kappa shape index (κ2) is 7.12. The molecule has 0 atom stereocenters. The van der Waals surface area contributed by atoms with Crippen LogP contribution in [0.2, 0.25) is 0 Å². The summed E-state index contributed by atoms with van der Waals surface area (Å²) in [7, 11) is 0. The summed E-state index contributed by atoms with van der Waals surface area (Å²) in [4.78, 5) is 29.4. The van der Waals surface area contributed by atoms with Crippen LogP contribution in [-0.2, 0) is 13.1 Å². The highest BCUT2D eigenvalue weighted by Gasteiger charge is 2.28. The van der Waals surface area contributed by atoms with Crippen molar-refractivity contribution in [3.63, 3.8) is 0 Å². The fourth-order valence-corrected chi connectivity index (χ4v) is 4.31. The standard InChI is InChI=1S/C22H21FN4O3/c23-15-5-4-13-11-27(12-14(13)8-15)21(29)17-9-16-18(10-19(17)28)24-25-20(16)22(30)26-6-2-1-3-7-26/h4-5,8-10,28H,1-3,6-7,11-12H2,(H,24,25). The first-order chi connectivity index (χ1) is 14.5. The van der Waals surface area contributed by atoms with Gasteiger partial charge in [-0.05, 0) is 48.6 Å². The van der Waals surface area contributed by atoms with Gasteiger partial charge in [0.25, 0.3) is 11.8 Å². The molecule has 2 aliphatic rings. The summed E-state index contributed by atoms with van der Waals surface area (Å²) in [5.74, 6) is -1.07. The number of nitrogens with zero attached hydrogens (tertiary/aromatic N) is 3. The summed E-state index contributed by atoms with van der Waals surface area (Å²) in [6, 6.07) is 7.42. The highest BCUT2D eigenvalue weighted by molar-refractivity contribution is 6.08. The summed E-state index contributed by atoms with van der Waals surface area (Å²) >= 11 is 0. The van der Waals surface area contributed by atoms with E-state index in [0.29, 0.717) is 30.5 Å². The van der Waals surface area contributed by atoms with E-state index in [0.717, 1.165) is 30.4 Å². The van der Waals surface area contributed by atoms with Gasteiger partial charge in [-0.1, -0.05) is 6.07 Å². The lowest BCUT2D eigenvalue weighted by molar-refractivity contribution is 0.0717. The molecule has 3 aromatic rings. The number of halogens is 1. The summed E-state index contributed by atoms with van der Waals surface area (Å²) < 4.78 is 13.5. The Morgan fingerprint density at radius 3 is 2.53 bits per heavy atom. The highest BCUT2D eigenvalue weighted by Crippen LogP contribution is 2.31. The Bertz CT molecular complexity index is 1170. The predicted octanol–water partition coefficient (Wildman–Crippen LogP) is 3.19. The number of aromatic hydroxyl groups is 1. The van der Waals surface area contributed by atoms with Gasteiger partial charge in [-0.25, -0.2) is 4.39 Å². The van der Waals surface area contributed by atoms with E-state index < -0.39 is 0 Å². The fraction of sp³-hybridized carbons (Fsp3) is 0.318.